The summed E-state index contributed by atoms with van der Waals surface area (Å²) < 4.78 is 1.03. The van der Waals surface area contributed by atoms with E-state index in [0.29, 0.717) is 12.0 Å². The molecule has 0 fully saturated rings. The van der Waals surface area contributed by atoms with E-state index in [1.54, 1.807) is 0 Å². The molecule has 0 saturated carbocycles. The van der Waals surface area contributed by atoms with Crippen LogP contribution in [-0.2, 0) is 6.42 Å². The SMILES string of the molecule is CNC(Cc1ccc(Br)cn1)C(C)C. The second-order valence-corrected chi connectivity index (χ2v) is 4.73. The van der Waals surface area contributed by atoms with Crippen molar-refractivity contribution in [3.8, 4) is 0 Å². The zero-order chi connectivity index (χ0) is 10.6. The van der Waals surface area contributed by atoms with Crippen LogP contribution in [0.4, 0.5) is 0 Å². The fourth-order valence-corrected chi connectivity index (χ4v) is 1.66. The molecule has 14 heavy (non-hydrogen) atoms. The van der Waals surface area contributed by atoms with Crippen molar-refractivity contribution in [2.75, 3.05) is 7.05 Å². The van der Waals surface area contributed by atoms with Crippen molar-refractivity contribution >= 4 is 15.9 Å². The van der Waals surface area contributed by atoms with Crippen LogP contribution in [0.5, 0.6) is 0 Å². The van der Waals surface area contributed by atoms with Gasteiger partial charge in [0.05, 0.1) is 0 Å². The van der Waals surface area contributed by atoms with Gasteiger partial charge in [0.15, 0.2) is 0 Å². The van der Waals surface area contributed by atoms with Crippen LogP contribution in [0.25, 0.3) is 0 Å². The summed E-state index contributed by atoms with van der Waals surface area (Å²) in [5.41, 5.74) is 1.14. The van der Waals surface area contributed by atoms with E-state index in [2.05, 4.69) is 46.1 Å². The molecule has 0 spiro atoms. The van der Waals surface area contributed by atoms with Gasteiger partial charge in [-0.1, -0.05) is 13.8 Å². The molecule has 1 atom stereocenters. The highest BCUT2D eigenvalue weighted by Crippen LogP contribution is 2.11. The topological polar surface area (TPSA) is 24.9 Å². The maximum Gasteiger partial charge on any atom is 0.0420 e. The highest BCUT2D eigenvalue weighted by atomic mass is 79.9. The normalized spacial score (nSPS) is 13.2. The Balaban J connectivity index is 2.63. The molecule has 2 nitrogen and oxygen atoms in total. The standard InChI is InChI=1S/C11H17BrN2/c1-8(2)11(13-3)6-10-5-4-9(12)7-14-10/h4-5,7-8,11,13H,6H2,1-3H3. The molecule has 0 aliphatic rings. The lowest BCUT2D eigenvalue weighted by atomic mass is 9.99. The van der Waals surface area contributed by atoms with Crippen molar-refractivity contribution in [3.05, 3.63) is 28.5 Å². The molecule has 0 aliphatic heterocycles. The smallest absolute Gasteiger partial charge is 0.0420 e. The van der Waals surface area contributed by atoms with Crippen LogP contribution in [0.15, 0.2) is 22.8 Å². The van der Waals surface area contributed by atoms with E-state index < -0.39 is 0 Å². The highest BCUT2D eigenvalue weighted by molar-refractivity contribution is 9.10. The van der Waals surface area contributed by atoms with Crippen LogP contribution in [0.1, 0.15) is 19.5 Å². The summed E-state index contributed by atoms with van der Waals surface area (Å²) in [5.74, 6) is 0.630. The van der Waals surface area contributed by atoms with Crippen LogP contribution in [-0.4, -0.2) is 18.1 Å². The van der Waals surface area contributed by atoms with Crippen molar-refractivity contribution in [2.45, 2.75) is 26.3 Å². The summed E-state index contributed by atoms with van der Waals surface area (Å²) in [4.78, 5) is 4.36. The van der Waals surface area contributed by atoms with Crippen LogP contribution < -0.4 is 5.32 Å². The third-order valence-electron chi connectivity index (χ3n) is 2.39. The third kappa shape index (κ3) is 3.39. The lowest BCUT2D eigenvalue weighted by molar-refractivity contribution is 0.421. The van der Waals surface area contributed by atoms with Gasteiger partial charge in [0.2, 0.25) is 0 Å². The largest absolute Gasteiger partial charge is 0.316 e. The predicted octanol–water partition coefficient (Wildman–Crippen LogP) is 2.63. The zero-order valence-corrected chi connectivity index (χ0v) is 10.5. The first-order valence-corrected chi connectivity index (χ1v) is 5.70. The molecule has 0 saturated heterocycles. The van der Waals surface area contributed by atoms with Crippen molar-refractivity contribution in [3.63, 3.8) is 0 Å². The minimum atomic E-state index is 0.503. The second-order valence-electron chi connectivity index (χ2n) is 3.81. The highest BCUT2D eigenvalue weighted by Gasteiger charge is 2.11. The molecule has 1 N–H and O–H groups in total. The fourth-order valence-electron chi connectivity index (χ4n) is 1.42. The van der Waals surface area contributed by atoms with Crippen molar-refractivity contribution in [1.29, 1.82) is 0 Å². The van der Waals surface area contributed by atoms with E-state index >= 15 is 0 Å². The van der Waals surface area contributed by atoms with Crippen LogP contribution in [0, 0.1) is 5.92 Å². The van der Waals surface area contributed by atoms with E-state index in [-0.39, 0.29) is 0 Å². The van der Waals surface area contributed by atoms with Crippen molar-refractivity contribution < 1.29 is 0 Å². The molecule has 1 heterocycles. The van der Waals surface area contributed by atoms with Crippen molar-refractivity contribution in [1.82, 2.24) is 10.3 Å². The van der Waals surface area contributed by atoms with E-state index in [4.69, 9.17) is 0 Å². The van der Waals surface area contributed by atoms with E-state index in [1.165, 1.54) is 0 Å². The number of hydrogen-bond acceptors (Lipinski definition) is 2. The number of nitrogens with zero attached hydrogens (tertiary/aromatic N) is 1. The average molecular weight is 257 g/mol. The molecular weight excluding hydrogens is 240 g/mol. The summed E-state index contributed by atoms with van der Waals surface area (Å²) in [5, 5.41) is 3.31. The fraction of sp³-hybridized carbons (Fsp3) is 0.545. The van der Waals surface area contributed by atoms with E-state index in [9.17, 15) is 0 Å². The van der Waals surface area contributed by atoms with Gasteiger partial charge in [0.1, 0.15) is 0 Å². The number of halogens is 1. The quantitative estimate of drug-likeness (QED) is 0.896. The molecular formula is C11H17BrN2. The molecule has 0 aromatic carbocycles. The van der Waals surface area contributed by atoms with Gasteiger partial charge in [-0.05, 0) is 41.0 Å². The summed E-state index contributed by atoms with van der Waals surface area (Å²) >= 11 is 3.38. The minimum Gasteiger partial charge on any atom is -0.316 e. The molecule has 0 amide bonds. The van der Waals surface area contributed by atoms with E-state index in [0.717, 1.165) is 16.6 Å². The van der Waals surface area contributed by atoms with Crippen LogP contribution >= 0.6 is 15.9 Å². The van der Waals surface area contributed by atoms with E-state index in [1.807, 2.05) is 19.3 Å². The Morgan fingerprint density at radius 1 is 1.43 bits per heavy atom. The first-order chi connectivity index (χ1) is 6.63. The Kier molecular flexibility index (Phi) is 4.55. The van der Waals surface area contributed by atoms with Gasteiger partial charge in [-0.2, -0.15) is 0 Å². The maximum absolute atomic E-state index is 4.36. The van der Waals surface area contributed by atoms with Crippen LogP contribution in [0.2, 0.25) is 0 Å². The number of likely N-dealkylation sites (N-methyl/N-ethyl adjacent to an activating group) is 1. The molecule has 0 radical (unpaired) electrons. The number of rotatable bonds is 4. The summed E-state index contributed by atoms with van der Waals surface area (Å²) in [6.45, 7) is 4.44. The molecule has 1 aromatic rings. The van der Waals surface area contributed by atoms with Gasteiger partial charge in [0.25, 0.3) is 0 Å². The van der Waals surface area contributed by atoms with Crippen molar-refractivity contribution in [2.24, 2.45) is 5.92 Å². The van der Waals surface area contributed by atoms with Gasteiger partial charge < -0.3 is 5.32 Å². The zero-order valence-electron chi connectivity index (χ0n) is 8.92. The molecule has 3 heteroatoms. The van der Waals surface area contributed by atoms with Gasteiger partial charge in [0, 0.05) is 28.8 Å². The number of aromatic nitrogens is 1. The molecule has 1 rings (SSSR count). The Morgan fingerprint density at radius 2 is 2.14 bits per heavy atom. The molecule has 0 bridgehead atoms. The third-order valence-corrected chi connectivity index (χ3v) is 2.86. The lowest BCUT2D eigenvalue weighted by Gasteiger charge is -2.19. The van der Waals surface area contributed by atoms with Gasteiger partial charge >= 0.3 is 0 Å². The predicted molar refractivity (Wildman–Crippen MR) is 63.3 cm³/mol. The molecule has 0 aliphatic carbocycles. The molecule has 1 unspecified atom stereocenters. The maximum atomic E-state index is 4.36. The Bertz CT molecular complexity index is 269. The Morgan fingerprint density at radius 3 is 2.57 bits per heavy atom. The minimum absolute atomic E-state index is 0.503. The lowest BCUT2D eigenvalue weighted by Crippen LogP contribution is -2.32. The Hall–Kier alpha value is -0.410. The van der Waals surface area contributed by atoms with Gasteiger partial charge in [-0.15, -0.1) is 0 Å². The number of hydrogen-bond donors (Lipinski definition) is 1. The molecule has 78 valence electrons. The molecule has 1 aromatic heterocycles. The first-order valence-electron chi connectivity index (χ1n) is 4.91. The van der Waals surface area contributed by atoms with Gasteiger partial charge in [-0.3, -0.25) is 4.98 Å². The monoisotopic (exact) mass is 256 g/mol. The average Bonchev–Trinajstić information content (AvgIpc) is 2.16. The summed E-state index contributed by atoms with van der Waals surface area (Å²) in [7, 11) is 2.00. The summed E-state index contributed by atoms with van der Waals surface area (Å²) in [6.07, 6.45) is 2.84. The first kappa shape index (κ1) is 11.7. The Labute approximate surface area is 94.3 Å². The van der Waals surface area contributed by atoms with Crippen LogP contribution in [0.3, 0.4) is 0 Å². The summed E-state index contributed by atoms with van der Waals surface area (Å²) in [6, 6.07) is 4.61. The number of nitrogens with one attached hydrogen (secondary N) is 1. The second kappa shape index (κ2) is 5.47. The van der Waals surface area contributed by atoms with Gasteiger partial charge in [-0.25, -0.2) is 0 Å². The number of pyridine rings is 1.